The monoisotopic (exact) mass is 326 g/mol. The van der Waals surface area contributed by atoms with Gasteiger partial charge in [-0.05, 0) is 30.5 Å². The molecule has 1 aromatic heterocycles. The maximum absolute atomic E-state index is 12.2. The van der Waals surface area contributed by atoms with E-state index < -0.39 is 0 Å². The van der Waals surface area contributed by atoms with Gasteiger partial charge in [-0.15, -0.1) is 0 Å². The van der Waals surface area contributed by atoms with E-state index in [2.05, 4.69) is 17.4 Å². The Morgan fingerprint density at radius 2 is 2.04 bits per heavy atom. The molecule has 2 amide bonds. The summed E-state index contributed by atoms with van der Waals surface area (Å²) in [6, 6.07) is 13.8. The summed E-state index contributed by atoms with van der Waals surface area (Å²) in [5.74, 6) is 0.464. The fraction of sp³-hybridized carbons (Fsp3) is 0.368. The van der Waals surface area contributed by atoms with Crippen molar-refractivity contribution < 1.29 is 14.0 Å². The molecule has 126 valence electrons. The molecule has 1 N–H and O–H groups in total. The van der Waals surface area contributed by atoms with Crippen LogP contribution in [0.1, 0.15) is 24.2 Å². The van der Waals surface area contributed by atoms with Crippen LogP contribution in [-0.4, -0.2) is 29.8 Å². The van der Waals surface area contributed by atoms with Gasteiger partial charge >= 0.3 is 0 Å². The SMILES string of the molecule is O=C(NCCCc1ccccc1)C1CC(=O)N(Cc2ccco2)C1. The second kappa shape index (κ2) is 7.81. The van der Waals surface area contributed by atoms with Crippen LogP contribution in [0.2, 0.25) is 0 Å². The normalized spacial score (nSPS) is 17.2. The number of likely N-dealkylation sites (tertiary alicyclic amines) is 1. The zero-order chi connectivity index (χ0) is 16.8. The van der Waals surface area contributed by atoms with Crippen LogP contribution in [0.5, 0.6) is 0 Å². The molecule has 2 heterocycles. The summed E-state index contributed by atoms with van der Waals surface area (Å²) in [7, 11) is 0. The molecule has 0 saturated carbocycles. The summed E-state index contributed by atoms with van der Waals surface area (Å²) in [5, 5.41) is 2.95. The lowest BCUT2D eigenvalue weighted by molar-refractivity contribution is -0.129. The van der Waals surface area contributed by atoms with Crippen molar-refractivity contribution >= 4 is 11.8 Å². The number of hydrogen-bond donors (Lipinski definition) is 1. The van der Waals surface area contributed by atoms with Gasteiger partial charge in [0.15, 0.2) is 0 Å². The van der Waals surface area contributed by atoms with E-state index in [1.165, 1.54) is 5.56 Å². The van der Waals surface area contributed by atoms with E-state index in [1.54, 1.807) is 17.2 Å². The Labute approximate surface area is 141 Å². The number of carbonyl (C=O) groups excluding carboxylic acids is 2. The number of hydrogen-bond acceptors (Lipinski definition) is 3. The van der Waals surface area contributed by atoms with E-state index in [0.717, 1.165) is 18.6 Å². The van der Waals surface area contributed by atoms with E-state index in [0.29, 0.717) is 19.6 Å². The van der Waals surface area contributed by atoms with Gasteiger partial charge in [-0.2, -0.15) is 0 Å². The fourth-order valence-corrected chi connectivity index (χ4v) is 2.98. The van der Waals surface area contributed by atoms with Gasteiger partial charge < -0.3 is 14.6 Å². The van der Waals surface area contributed by atoms with Gasteiger partial charge in [0.2, 0.25) is 11.8 Å². The molecule has 1 aliphatic heterocycles. The number of aryl methyl sites for hydroxylation is 1. The molecule has 0 aliphatic carbocycles. The van der Waals surface area contributed by atoms with E-state index in [1.807, 2.05) is 24.3 Å². The number of nitrogens with one attached hydrogen (secondary N) is 1. The van der Waals surface area contributed by atoms with E-state index in [-0.39, 0.29) is 24.2 Å². The molecule has 1 aliphatic rings. The van der Waals surface area contributed by atoms with E-state index >= 15 is 0 Å². The van der Waals surface area contributed by atoms with Gasteiger partial charge in [0.25, 0.3) is 0 Å². The summed E-state index contributed by atoms with van der Waals surface area (Å²) in [4.78, 5) is 26.0. The third-order valence-electron chi connectivity index (χ3n) is 4.30. The molecule has 1 fully saturated rings. The molecule has 3 rings (SSSR count). The lowest BCUT2D eigenvalue weighted by atomic mass is 10.1. The van der Waals surface area contributed by atoms with Crippen molar-refractivity contribution in [3.8, 4) is 0 Å². The number of benzene rings is 1. The number of nitrogens with zero attached hydrogens (tertiary/aromatic N) is 1. The summed E-state index contributed by atoms with van der Waals surface area (Å²) >= 11 is 0. The maximum atomic E-state index is 12.2. The zero-order valence-corrected chi connectivity index (χ0v) is 13.6. The quantitative estimate of drug-likeness (QED) is 0.795. The van der Waals surface area contributed by atoms with Gasteiger partial charge in [-0.1, -0.05) is 30.3 Å². The Hall–Kier alpha value is -2.56. The van der Waals surface area contributed by atoms with E-state index in [4.69, 9.17) is 4.42 Å². The molecule has 0 bridgehead atoms. The van der Waals surface area contributed by atoms with Crippen molar-refractivity contribution in [2.45, 2.75) is 25.8 Å². The first-order valence-electron chi connectivity index (χ1n) is 8.34. The molecule has 5 heteroatoms. The molecule has 5 nitrogen and oxygen atoms in total. The van der Waals surface area contributed by atoms with Crippen LogP contribution < -0.4 is 5.32 Å². The standard InChI is InChI=1S/C19H22N2O3/c22-18-12-16(13-21(18)14-17-9-5-11-24-17)19(23)20-10-4-8-15-6-2-1-3-7-15/h1-3,5-7,9,11,16H,4,8,10,12-14H2,(H,20,23). The predicted octanol–water partition coefficient (Wildman–Crippen LogP) is 2.38. The minimum Gasteiger partial charge on any atom is -0.467 e. The fourth-order valence-electron chi connectivity index (χ4n) is 2.98. The smallest absolute Gasteiger partial charge is 0.225 e. The minimum absolute atomic E-state index is 0.0100. The van der Waals surface area contributed by atoms with Crippen molar-refractivity contribution in [3.63, 3.8) is 0 Å². The van der Waals surface area contributed by atoms with Crippen LogP contribution in [-0.2, 0) is 22.6 Å². The number of furan rings is 1. The number of rotatable bonds is 7. The lowest BCUT2D eigenvalue weighted by Crippen LogP contribution is -2.33. The Morgan fingerprint density at radius 3 is 2.79 bits per heavy atom. The first-order valence-corrected chi connectivity index (χ1v) is 8.34. The van der Waals surface area contributed by atoms with Crippen LogP contribution in [0.15, 0.2) is 53.1 Å². The van der Waals surface area contributed by atoms with Crippen LogP contribution >= 0.6 is 0 Å². The highest BCUT2D eigenvalue weighted by Gasteiger charge is 2.34. The second-order valence-corrected chi connectivity index (χ2v) is 6.13. The zero-order valence-electron chi connectivity index (χ0n) is 13.6. The molecular weight excluding hydrogens is 304 g/mol. The third kappa shape index (κ3) is 4.25. The van der Waals surface area contributed by atoms with E-state index in [9.17, 15) is 9.59 Å². The summed E-state index contributed by atoms with van der Waals surface area (Å²) < 4.78 is 5.27. The summed E-state index contributed by atoms with van der Waals surface area (Å²) in [6.45, 7) is 1.53. The minimum atomic E-state index is -0.260. The molecular formula is C19H22N2O3. The molecule has 24 heavy (non-hydrogen) atoms. The van der Waals surface area contributed by atoms with Crippen molar-refractivity contribution in [2.75, 3.05) is 13.1 Å². The molecule has 1 unspecified atom stereocenters. The molecule has 0 spiro atoms. The van der Waals surface area contributed by atoms with Crippen LogP contribution in [0.4, 0.5) is 0 Å². The predicted molar refractivity (Wildman–Crippen MR) is 90.0 cm³/mol. The van der Waals surface area contributed by atoms with Crippen molar-refractivity contribution in [1.82, 2.24) is 10.2 Å². The van der Waals surface area contributed by atoms with Crippen LogP contribution in [0.3, 0.4) is 0 Å². The Morgan fingerprint density at radius 1 is 1.21 bits per heavy atom. The average Bonchev–Trinajstić information content (AvgIpc) is 3.23. The Balaban J connectivity index is 1.40. The number of amides is 2. The van der Waals surface area contributed by atoms with Crippen molar-refractivity contribution in [2.24, 2.45) is 5.92 Å². The van der Waals surface area contributed by atoms with Gasteiger partial charge in [0.1, 0.15) is 5.76 Å². The summed E-state index contributed by atoms with van der Waals surface area (Å²) in [5.41, 5.74) is 1.27. The second-order valence-electron chi connectivity index (χ2n) is 6.13. The highest BCUT2D eigenvalue weighted by atomic mass is 16.3. The average molecular weight is 326 g/mol. The summed E-state index contributed by atoms with van der Waals surface area (Å²) in [6.07, 6.45) is 3.71. The molecule has 0 radical (unpaired) electrons. The largest absolute Gasteiger partial charge is 0.467 e. The molecule has 1 atom stereocenters. The highest BCUT2D eigenvalue weighted by molar-refractivity contribution is 5.89. The number of carbonyl (C=O) groups is 2. The highest BCUT2D eigenvalue weighted by Crippen LogP contribution is 2.20. The molecule has 2 aromatic rings. The topological polar surface area (TPSA) is 62.6 Å². The third-order valence-corrected chi connectivity index (χ3v) is 4.30. The van der Waals surface area contributed by atoms with Gasteiger partial charge in [0, 0.05) is 19.5 Å². The van der Waals surface area contributed by atoms with Crippen molar-refractivity contribution in [3.05, 3.63) is 60.1 Å². The maximum Gasteiger partial charge on any atom is 0.225 e. The van der Waals surface area contributed by atoms with Gasteiger partial charge in [-0.25, -0.2) is 0 Å². The first kappa shape index (κ1) is 16.3. The Bertz CT molecular complexity index is 667. The van der Waals surface area contributed by atoms with Crippen LogP contribution in [0, 0.1) is 5.92 Å². The first-order chi connectivity index (χ1) is 11.7. The van der Waals surface area contributed by atoms with Crippen LogP contribution in [0.25, 0.3) is 0 Å². The molecule has 1 aromatic carbocycles. The molecule has 1 saturated heterocycles. The van der Waals surface area contributed by atoms with Gasteiger partial charge in [0.05, 0.1) is 18.7 Å². The Kier molecular flexibility index (Phi) is 5.31. The van der Waals surface area contributed by atoms with Crippen molar-refractivity contribution in [1.29, 1.82) is 0 Å². The van der Waals surface area contributed by atoms with Gasteiger partial charge in [-0.3, -0.25) is 9.59 Å². The lowest BCUT2D eigenvalue weighted by Gasteiger charge is -2.15.